The predicted octanol–water partition coefficient (Wildman–Crippen LogP) is 2.83. The van der Waals surface area contributed by atoms with Crippen LogP contribution in [0.1, 0.15) is 13.3 Å². The second-order valence-electron chi connectivity index (χ2n) is 3.78. The van der Waals surface area contributed by atoms with Gasteiger partial charge in [-0.15, -0.1) is 13.2 Å². The molecule has 0 saturated heterocycles. The molecule has 0 heterocycles. The van der Waals surface area contributed by atoms with Gasteiger partial charge in [-0.3, -0.25) is 0 Å². The SMILES string of the molecule is C/C=C/CCNS(=O)(=O)c1cccc(OC(F)(F)F)c1. The first-order valence-corrected chi connectivity index (χ1v) is 7.19. The summed E-state index contributed by atoms with van der Waals surface area (Å²) in [7, 11) is -3.85. The van der Waals surface area contributed by atoms with Gasteiger partial charge in [0.05, 0.1) is 4.90 Å². The summed E-state index contributed by atoms with van der Waals surface area (Å²) >= 11 is 0. The highest BCUT2D eigenvalue weighted by Crippen LogP contribution is 2.24. The van der Waals surface area contributed by atoms with Gasteiger partial charge < -0.3 is 4.74 Å². The first kappa shape index (κ1) is 16.5. The minimum absolute atomic E-state index is 0.164. The Morgan fingerprint density at radius 2 is 2.05 bits per heavy atom. The summed E-state index contributed by atoms with van der Waals surface area (Å²) in [4.78, 5) is -0.278. The maximum atomic E-state index is 12.1. The van der Waals surface area contributed by atoms with Gasteiger partial charge in [-0.25, -0.2) is 13.1 Å². The van der Waals surface area contributed by atoms with Crippen LogP contribution in [0.5, 0.6) is 5.75 Å². The van der Waals surface area contributed by atoms with E-state index < -0.39 is 22.1 Å². The molecule has 0 amide bonds. The van der Waals surface area contributed by atoms with Crippen molar-refractivity contribution in [3.8, 4) is 5.75 Å². The van der Waals surface area contributed by atoms with Gasteiger partial charge in [0.2, 0.25) is 10.0 Å². The van der Waals surface area contributed by atoms with Crippen molar-refractivity contribution in [2.45, 2.75) is 24.6 Å². The molecule has 0 aromatic heterocycles. The fourth-order valence-electron chi connectivity index (χ4n) is 1.37. The Morgan fingerprint density at radius 3 is 2.65 bits per heavy atom. The molecule has 1 N–H and O–H groups in total. The van der Waals surface area contributed by atoms with E-state index in [1.807, 2.05) is 0 Å². The largest absolute Gasteiger partial charge is 0.573 e. The van der Waals surface area contributed by atoms with Crippen LogP contribution >= 0.6 is 0 Å². The number of rotatable bonds is 6. The molecule has 0 spiro atoms. The van der Waals surface area contributed by atoms with Crippen molar-refractivity contribution in [2.24, 2.45) is 0 Å². The minimum Gasteiger partial charge on any atom is -0.406 e. The minimum atomic E-state index is -4.86. The van der Waals surface area contributed by atoms with Crippen molar-refractivity contribution in [3.05, 3.63) is 36.4 Å². The maximum absolute atomic E-state index is 12.1. The van der Waals surface area contributed by atoms with Crippen molar-refractivity contribution in [1.82, 2.24) is 4.72 Å². The summed E-state index contributed by atoms with van der Waals surface area (Å²) in [5, 5.41) is 0. The number of hydrogen-bond donors (Lipinski definition) is 1. The first-order chi connectivity index (χ1) is 9.24. The van der Waals surface area contributed by atoms with Crippen LogP contribution in [-0.4, -0.2) is 21.3 Å². The lowest BCUT2D eigenvalue weighted by Gasteiger charge is -2.10. The molecular formula is C12H14F3NO3S. The Balaban J connectivity index is 2.82. The van der Waals surface area contributed by atoms with Gasteiger partial charge in [0.15, 0.2) is 0 Å². The lowest BCUT2D eigenvalue weighted by Crippen LogP contribution is -2.24. The smallest absolute Gasteiger partial charge is 0.406 e. The van der Waals surface area contributed by atoms with Crippen LogP contribution < -0.4 is 9.46 Å². The molecule has 0 bridgehead atoms. The summed E-state index contributed by atoms with van der Waals surface area (Å²) in [6.45, 7) is 1.96. The standard InChI is InChI=1S/C12H14F3NO3S/c1-2-3-4-8-16-20(17,18)11-7-5-6-10(9-11)19-12(13,14)15/h2-3,5-7,9,16H,4,8H2,1H3/b3-2+. The Hall–Kier alpha value is -1.54. The average Bonchev–Trinajstić information content (AvgIpc) is 2.33. The van der Waals surface area contributed by atoms with Crippen LogP contribution in [0.3, 0.4) is 0 Å². The molecule has 20 heavy (non-hydrogen) atoms. The van der Waals surface area contributed by atoms with Crippen LogP contribution in [0.25, 0.3) is 0 Å². The lowest BCUT2D eigenvalue weighted by molar-refractivity contribution is -0.274. The number of halogens is 3. The highest BCUT2D eigenvalue weighted by Gasteiger charge is 2.31. The number of alkyl halides is 3. The van der Waals surface area contributed by atoms with E-state index >= 15 is 0 Å². The Kier molecular flexibility index (Phi) is 5.58. The summed E-state index contributed by atoms with van der Waals surface area (Å²) in [5.74, 6) is -0.575. The zero-order valence-corrected chi connectivity index (χ0v) is 11.5. The number of nitrogens with one attached hydrogen (secondary N) is 1. The van der Waals surface area contributed by atoms with Gasteiger partial charge in [0.1, 0.15) is 5.75 Å². The number of allylic oxidation sites excluding steroid dienone is 1. The van der Waals surface area contributed by atoms with Crippen molar-refractivity contribution in [3.63, 3.8) is 0 Å². The van der Waals surface area contributed by atoms with Crippen LogP contribution in [0.15, 0.2) is 41.3 Å². The number of benzene rings is 1. The van der Waals surface area contributed by atoms with Crippen LogP contribution in [-0.2, 0) is 10.0 Å². The van der Waals surface area contributed by atoms with Crippen molar-refractivity contribution < 1.29 is 26.3 Å². The Bertz CT molecular complexity index is 568. The first-order valence-electron chi connectivity index (χ1n) is 5.71. The normalized spacial score (nSPS) is 12.8. The third-order valence-electron chi connectivity index (χ3n) is 2.19. The average molecular weight is 309 g/mol. The number of sulfonamides is 1. The van der Waals surface area contributed by atoms with Gasteiger partial charge in [-0.05, 0) is 25.5 Å². The molecule has 0 saturated carbocycles. The molecule has 0 aliphatic rings. The van der Waals surface area contributed by atoms with Gasteiger partial charge in [0, 0.05) is 12.6 Å². The summed E-state index contributed by atoms with van der Waals surface area (Å²) in [6.07, 6.45) is -0.825. The quantitative estimate of drug-likeness (QED) is 0.649. The summed E-state index contributed by atoms with van der Waals surface area (Å²) in [5.41, 5.74) is 0. The maximum Gasteiger partial charge on any atom is 0.573 e. The third-order valence-corrected chi connectivity index (χ3v) is 3.65. The second-order valence-corrected chi connectivity index (χ2v) is 5.55. The van der Waals surface area contributed by atoms with Crippen LogP contribution in [0.2, 0.25) is 0 Å². The molecule has 0 atom stereocenters. The van der Waals surface area contributed by atoms with Crippen molar-refractivity contribution in [1.29, 1.82) is 0 Å². The Labute approximate surface area is 115 Å². The predicted molar refractivity (Wildman–Crippen MR) is 67.7 cm³/mol. The number of ether oxygens (including phenoxy) is 1. The highest BCUT2D eigenvalue weighted by molar-refractivity contribution is 7.89. The van der Waals surface area contributed by atoms with E-state index in [9.17, 15) is 21.6 Å². The zero-order chi connectivity index (χ0) is 15.2. The molecular weight excluding hydrogens is 295 g/mol. The second kappa shape index (κ2) is 6.76. The van der Waals surface area contributed by atoms with E-state index in [0.717, 1.165) is 12.1 Å². The monoisotopic (exact) mass is 309 g/mol. The third kappa shape index (κ3) is 5.62. The molecule has 0 radical (unpaired) electrons. The molecule has 8 heteroatoms. The molecule has 0 fully saturated rings. The molecule has 4 nitrogen and oxygen atoms in total. The summed E-state index contributed by atoms with van der Waals surface area (Å²) in [6, 6.07) is 4.24. The van der Waals surface area contributed by atoms with Crippen LogP contribution in [0, 0.1) is 0 Å². The van der Waals surface area contributed by atoms with Crippen LogP contribution in [0.4, 0.5) is 13.2 Å². The molecule has 1 aromatic rings. The van der Waals surface area contributed by atoms with Gasteiger partial charge in [-0.2, -0.15) is 0 Å². The van der Waals surface area contributed by atoms with E-state index in [0.29, 0.717) is 6.42 Å². The van der Waals surface area contributed by atoms with E-state index in [1.165, 1.54) is 12.1 Å². The molecule has 1 rings (SSSR count). The van der Waals surface area contributed by atoms with Crippen molar-refractivity contribution >= 4 is 10.0 Å². The molecule has 1 aromatic carbocycles. The summed E-state index contributed by atoms with van der Waals surface area (Å²) < 4.78 is 65.8. The van der Waals surface area contributed by atoms with Crippen molar-refractivity contribution in [2.75, 3.05) is 6.54 Å². The molecule has 0 aliphatic heterocycles. The molecule has 0 unspecified atom stereocenters. The van der Waals surface area contributed by atoms with E-state index in [2.05, 4.69) is 9.46 Å². The molecule has 112 valence electrons. The Morgan fingerprint density at radius 1 is 1.35 bits per heavy atom. The van der Waals surface area contributed by atoms with E-state index in [1.54, 1.807) is 19.1 Å². The van der Waals surface area contributed by atoms with Gasteiger partial charge in [0.25, 0.3) is 0 Å². The van der Waals surface area contributed by atoms with E-state index in [-0.39, 0.29) is 11.4 Å². The topological polar surface area (TPSA) is 55.4 Å². The number of hydrogen-bond acceptors (Lipinski definition) is 3. The van der Waals surface area contributed by atoms with Gasteiger partial charge >= 0.3 is 6.36 Å². The fourth-order valence-corrected chi connectivity index (χ4v) is 2.45. The zero-order valence-electron chi connectivity index (χ0n) is 10.6. The lowest BCUT2D eigenvalue weighted by atomic mass is 10.3. The highest BCUT2D eigenvalue weighted by atomic mass is 32.2. The fraction of sp³-hybridized carbons (Fsp3) is 0.333. The van der Waals surface area contributed by atoms with Gasteiger partial charge in [-0.1, -0.05) is 18.2 Å². The van der Waals surface area contributed by atoms with E-state index in [4.69, 9.17) is 0 Å². The molecule has 0 aliphatic carbocycles.